The van der Waals surface area contributed by atoms with Crippen molar-refractivity contribution in [2.24, 2.45) is 11.8 Å². The standard InChI is InChI=1S/C21H42O/c1-5-6-7-8-9-10-11-12-13-14-15-16-17-21(22)20(4)18-19(2)3/h19-20H,5-18H2,1-4H3. The summed E-state index contributed by atoms with van der Waals surface area (Å²) < 4.78 is 0. The number of Topliss-reactive ketones (excluding diaryl/α,β-unsaturated/α-hetero) is 1. The second-order valence-corrected chi connectivity index (χ2v) is 7.64. The van der Waals surface area contributed by atoms with Gasteiger partial charge in [0.1, 0.15) is 5.78 Å². The minimum Gasteiger partial charge on any atom is -0.299 e. The fourth-order valence-corrected chi connectivity index (χ4v) is 3.23. The molecule has 0 rings (SSSR count). The van der Waals surface area contributed by atoms with Crippen LogP contribution in [0.5, 0.6) is 0 Å². The molecule has 1 heteroatoms. The Kier molecular flexibility index (Phi) is 15.3. The fourth-order valence-electron chi connectivity index (χ4n) is 3.23. The second kappa shape index (κ2) is 15.6. The van der Waals surface area contributed by atoms with Crippen LogP contribution >= 0.6 is 0 Å². The van der Waals surface area contributed by atoms with Gasteiger partial charge >= 0.3 is 0 Å². The van der Waals surface area contributed by atoms with Gasteiger partial charge in [0, 0.05) is 12.3 Å². The van der Waals surface area contributed by atoms with Gasteiger partial charge in [0.25, 0.3) is 0 Å². The van der Waals surface area contributed by atoms with Gasteiger partial charge < -0.3 is 0 Å². The molecule has 0 aromatic carbocycles. The summed E-state index contributed by atoms with van der Waals surface area (Å²) in [5, 5.41) is 0. The first-order valence-electron chi connectivity index (χ1n) is 10.1. The van der Waals surface area contributed by atoms with E-state index in [1.165, 1.54) is 70.6 Å². The number of unbranched alkanes of at least 4 members (excludes halogenated alkanes) is 11. The summed E-state index contributed by atoms with van der Waals surface area (Å²) in [5.41, 5.74) is 0. The SMILES string of the molecule is CCCCCCCCCCCCCCC(=O)C(C)CC(C)C. The van der Waals surface area contributed by atoms with Crippen molar-refractivity contribution in [1.82, 2.24) is 0 Å². The molecule has 1 unspecified atom stereocenters. The van der Waals surface area contributed by atoms with Gasteiger partial charge in [-0.15, -0.1) is 0 Å². The maximum atomic E-state index is 12.0. The number of rotatable bonds is 16. The molecule has 0 radical (unpaired) electrons. The van der Waals surface area contributed by atoms with E-state index >= 15 is 0 Å². The number of hydrogen-bond donors (Lipinski definition) is 0. The largest absolute Gasteiger partial charge is 0.299 e. The van der Waals surface area contributed by atoms with Gasteiger partial charge in [-0.1, -0.05) is 98.3 Å². The van der Waals surface area contributed by atoms with Crippen LogP contribution in [0.1, 0.15) is 118 Å². The van der Waals surface area contributed by atoms with Gasteiger partial charge in [-0.3, -0.25) is 4.79 Å². The molecule has 0 aliphatic rings. The predicted octanol–water partition coefficient (Wildman–Crippen LogP) is 7.33. The Morgan fingerprint density at radius 3 is 1.50 bits per heavy atom. The first-order chi connectivity index (χ1) is 10.6. The van der Waals surface area contributed by atoms with Crippen molar-refractivity contribution in [2.45, 2.75) is 118 Å². The summed E-state index contributed by atoms with van der Waals surface area (Å²) >= 11 is 0. The molecule has 0 aliphatic carbocycles. The lowest BCUT2D eigenvalue weighted by Crippen LogP contribution is -2.12. The molecule has 0 aromatic rings. The van der Waals surface area contributed by atoms with Crippen LogP contribution in [0.15, 0.2) is 0 Å². The van der Waals surface area contributed by atoms with E-state index in [2.05, 4.69) is 27.7 Å². The van der Waals surface area contributed by atoms with E-state index in [1.54, 1.807) is 0 Å². The van der Waals surface area contributed by atoms with Gasteiger partial charge in [0.2, 0.25) is 0 Å². The van der Waals surface area contributed by atoms with Gasteiger partial charge in [0.05, 0.1) is 0 Å². The molecule has 132 valence electrons. The lowest BCUT2D eigenvalue weighted by atomic mass is 9.92. The van der Waals surface area contributed by atoms with Crippen LogP contribution in [0.4, 0.5) is 0 Å². The molecule has 0 amide bonds. The smallest absolute Gasteiger partial charge is 0.135 e. The molecule has 0 heterocycles. The van der Waals surface area contributed by atoms with E-state index in [-0.39, 0.29) is 5.92 Å². The number of carbonyl (C=O) groups is 1. The average Bonchev–Trinajstić information content (AvgIpc) is 2.47. The zero-order valence-electron chi connectivity index (χ0n) is 16.0. The summed E-state index contributed by atoms with van der Waals surface area (Å²) in [6.45, 7) is 8.78. The molecule has 0 spiro atoms. The topological polar surface area (TPSA) is 17.1 Å². The second-order valence-electron chi connectivity index (χ2n) is 7.64. The number of ketones is 1. The first-order valence-corrected chi connectivity index (χ1v) is 10.1. The van der Waals surface area contributed by atoms with E-state index in [0.717, 1.165) is 19.3 Å². The third-order valence-electron chi connectivity index (χ3n) is 4.65. The predicted molar refractivity (Wildman–Crippen MR) is 99.3 cm³/mol. The highest BCUT2D eigenvalue weighted by molar-refractivity contribution is 5.80. The molecule has 0 aliphatic heterocycles. The Labute approximate surface area is 140 Å². The third-order valence-corrected chi connectivity index (χ3v) is 4.65. The van der Waals surface area contributed by atoms with Crippen LogP contribution in [0.3, 0.4) is 0 Å². The molecule has 1 atom stereocenters. The highest BCUT2D eigenvalue weighted by Crippen LogP contribution is 2.16. The van der Waals surface area contributed by atoms with E-state index in [1.807, 2.05) is 0 Å². The van der Waals surface area contributed by atoms with Crippen LogP contribution < -0.4 is 0 Å². The normalized spacial score (nSPS) is 12.8. The highest BCUT2D eigenvalue weighted by Gasteiger charge is 2.13. The first kappa shape index (κ1) is 21.7. The van der Waals surface area contributed by atoms with Crippen molar-refractivity contribution >= 4 is 5.78 Å². The van der Waals surface area contributed by atoms with Crippen LogP contribution in [0, 0.1) is 11.8 Å². The monoisotopic (exact) mass is 310 g/mol. The average molecular weight is 311 g/mol. The Bertz CT molecular complexity index is 244. The summed E-state index contributed by atoms with van der Waals surface area (Å²) in [6.07, 6.45) is 18.2. The molecule has 0 aromatic heterocycles. The molecule has 1 nitrogen and oxygen atoms in total. The van der Waals surface area contributed by atoms with Crippen molar-refractivity contribution in [3.05, 3.63) is 0 Å². The molecular formula is C21H42O. The van der Waals surface area contributed by atoms with Crippen LogP contribution in [0.2, 0.25) is 0 Å². The molecule has 0 fully saturated rings. The molecule has 0 saturated heterocycles. The van der Waals surface area contributed by atoms with E-state index in [9.17, 15) is 4.79 Å². The molecule has 0 saturated carbocycles. The maximum Gasteiger partial charge on any atom is 0.135 e. The van der Waals surface area contributed by atoms with Crippen molar-refractivity contribution in [2.75, 3.05) is 0 Å². The van der Waals surface area contributed by atoms with Crippen LogP contribution in [0.25, 0.3) is 0 Å². The lowest BCUT2D eigenvalue weighted by Gasteiger charge is -2.12. The van der Waals surface area contributed by atoms with E-state index < -0.39 is 0 Å². The zero-order valence-corrected chi connectivity index (χ0v) is 16.0. The third kappa shape index (κ3) is 14.6. The van der Waals surface area contributed by atoms with Crippen molar-refractivity contribution in [3.63, 3.8) is 0 Å². The van der Waals surface area contributed by atoms with Crippen molar-refractivity contribution in [1.29, 1.82) is 0 Å². The molecule has 22 heavy (non-hydrogen) atoms. The summed E-state index contributed by atoms with van der Waals surface area (Å²) in [4.78, 5) is 12.0. The van der Waals surface area contributed by atoms with Gasteiger partial charge in [0.15, 0.2) is 0 Å². The Balaban J connectivity index is 3.24. The molecule has 0 bridgehead atoms. The number of hydrogen-bond acceptors (Lipinski definition) is 1. The minimum atomic E-state index is 0.271. The van der Waals surface area contributed by atoms with Crippen molar-refractivity contribution < 1.29 is 4.79 Å². The minimum absolute atomic E-state index is 0.271. The zero-order chi connectivity index (χ0) is 16.6. The Hall–Kier alpha value is -0.330. The van der Waals surface area contributed by atoms with Gasteiger partial charge in [-0.25, -0.2) is 0 Å². The lowest BCUT2D eigenvalue weighted by molar-refractivity contribution is -0.122. The Morgan fingerprint density at radius 2 is 1.09 bits per heavy atom. The summed E-state index contributed by atoms with van der Waals surface area (Å²) in [7, 11) is 0. The van der Waals surface area contributed by atoms with Crippen LogP contribution in [-0.2, 0) is 4.79 Å². The Morgan fingerprint density at radius 1 is 0.682 bits per heavy atom. The fraction of sp³-hybridized carbons (Fsp3) is 0.952. The van der Waals surface area contributed by atoms with Gasteiger partial charge in [-0.2, -0.15) is 0 Å². The summed E-state index contributed by atoms with van der Waals surface area (Å²) in [5.74, 6) is 1.40. The maximum absolute atomic E-state index is 12.0. The quantitative estimate of drug-likeness (QED) is 0.273. The molecule has 0 N–H and O–H groups in total. The van der Waals surface area contributed by atoms with Gasteiger partial charge in [-0.05, 0) is 18.8 Å². The van der Waals surface area contributed by atoms with Crippen LogP contribution in [-0.4, -0.2) is 5.78 Å². The number of carbonyl (C=O) groups excluding carboxylic acids is 1. The van der Waals surface area contributed by atoms with E-state index in [0.29, 0.717) is 11.7 Å². The highest BCUT2D eigenvalue weighted by atomic mass is 16.1. The molecular weight excluding hydrogens is 268 g/mol. The summed E-state index contributed by atoms with van der Waals surface area (Å²) in [6, 6.07) is 0. The van der Waals surface area contributed by atoms with Crippen molar-refractivity contribution in [3.8, 4) is 0 Å². The van der Waals surface area contributed by atoms with E-state index in [4.69, 9.17) is 0 Å².